The van der Waals surface area contributed by atoms with E-state index in [4.69, 9.17) is 4.74 Å². The lowest BCUT2D eigenvalue weighted by molar-refractivity contribution is -0.384. The summed E-state index contributed by atoms with van der Waals surface area (Å²) in [5.41, 5.74) is 2.99. The number of non-ortho nitro benzene ring substituents is 1. The van der Waals surface area contributed by atoms with Crippen LogP contribution in [0.5, 0.6) is 5.75 Å². The van der Waals surface area contributed by atoms with Gasteiger partial charge in [0.05, 0.1) is 10.7 Å². The van der Waals surface area contributed by atoms with Gasteiger partial charge in [0.25, 0.3) is 5.69 Å². The third-order valence-corrected chi connectivity index (χ3v) is 6.12. The number of aromatic nitrogens is 3. The summed E-state index contributed by atoms with van der Waals surface area (Å²) < 4.78 is 7.85. The first-order chi connectivity index (χ1) is 16.9. The van der Waals surface area contributed by atoms with E-state index in [-0.39, 0.29) is 24.0 Å². The Morgan fingerprint density at radius 2 is 1.77 bits per heavy atom. The summed E-state index contributed by atoms with van der Waals surface area (Å²) in [5.74, 6) is 1.20. The van der Waals surface area contributed by atoms with Gasteiger partial charge in [-0.3, -0.25) is 19.5 Å². The number of benzene rings is 3. The first kappa shape index (κ1) is 24.0. The number of hydrogen-bond acceptors (Lipinski definition) is 7. The van der Waals surface area contributed by atoms with Crippen molar-refractivity contribution in [3.05, 3.63) is 99.9 Å². The maximum absolute atomic E-state index is 12.6. The van der Waals surface area contributed by atoms with Gasteiger partial charge in [0.1, 0.15) is 12.4 Å². The molecule has 10 heteroatoms. The van der Waals surface area contributed by atoms with E-state index < -0.39 is 4.92 Å². The number of ether oxygens (including phenoxy) is 1. The summed E-state index contributed by atoms with van der Waals surface area (Å²) in [7, 11) is 0. The van der Waals surface area contributed by atoms with Crippen LogP contribution >= 0.6 is 11.8 Å². The van der Waals surface area contributed by atoms with Crippen LogP contribution in [-0.2, 0) is 11.4 Å². The van der Waals surface area contributed by atoms with E-state index in [1.165, 1.54) is 30.0 Å². The van der Waals surface area contributed by atoms with Crippen LogP contribution in [0.3, 0.4) is 0 Å². The van der Waals surface area contributed by atoms with E-state index in [1.807, 2.05) is 66.1 Å². The van der Waals surface area contributed by atoms with E-state index >= 15 is 0 Å². The highest BCUT2D eigenvalue weighted by molar-refractivity contribution is 7.99. The number of nitrogens with zero attached hydrogens (tertiary/aromatic N) is 4. The zero-order chi connectivity index (χ0) is 24.8. The second kappa shape index (κ2) is 10.8. The molecule has 178 valence electrons. The number of anilines is 1. The molecule has 1 heterocycles. The Morgan fingerprint density at radius 3 is 2.49 bits per heavy atom. The molecule has 0 saturated carbocycles. The molecule has 0 radical (unpaired) electrons. The fourth-order valence-corrected chi connectivity index (χ4v) is 4.17. The molecule has 0 aliphatic heterocycles. The predicted molar refractivity (Wildman–Crippen MR) is 134 cm³/mol. The maximum Gasteiger partial charge on any atom is 0.269 e. The number of para-hydroxylation sites is 2. The Kier molecular flexibility index (Phi) is 7.41. The first-order valence-corrected chi connectivity index (χ1v) is 11.8. The Morgan fingerprint density at radius 1 is 1.03 bits per heavy atom. The third-order valence-electron chi connectivity index (χ3n) is 5.19. The van der Waals surface area contributed by atoms with Crippen molar-refractivity contribution in [2.45, 2.75) is 25.6 Å². The number of nitro benzene ring substituents is 1. The van der Waals surface area contributed by atoms with Crippen LogP contribution in [0.2, 0.25) is 0 Å². The summed E-state index contributed by atoms with van der Waals surface area (Å²) >= 11 is 1.24. The topological polar surface area (TPSA) is 112 Å². The molecule has 9 nitrogen and oxygen atoms in total. The SMILES string of the molecule is Cc1cc([N+](=O)[O-])ccc1NC(=O)CSc1nnc(COc2ccccc2C)n1-c1ccccc1. The van der Waals surface area contributed by atoms with Gasteiger partial charge in [-0.15, -0.1) is 10.2 Å². The number of aryl methyl sites for hydroxylation is 2. The molecule has 0 aliphatic carbocycles. The van der Waals surface area contributed by atoms with Crippen LogP contribution in [-0.4, -0.2) is 31.3 Å². The van der Waals surface area contributed by atoms with Crippen LogP contribution < -0.4 is 10.1 Å². The van der Waals surface area contributed by atoms with Crippen molar-refractivity contribution in [1.82, 2.24) is 14.8 Å². The molecule has 4 aromatic rings. The van der Waals surface area contributed by atoms with E-state index in [0.717, 1.165) is 17.0 Å². The van der Waals surface area contributed by atoms with E-state index in [9.17, 15) is 14.9 Å². The minimum Gasteiger partial charge on any atom is -0.485 e. The van der Waals surface area contributed by atoms with Crippen LogP contribution in [0.1, 0.15) is 17.0 Å². The lowest BCUT2D eigenvalue weighted by Gasteiger charge is -2.12. The van der Waals surface area contributed by atoms with Gasteiger partial charge in [-0.2, -0.15) is 0 Å². The van der Waals surface area contributed by atoms with Crippen LogP contribution in [0.25, 0.3) is 5.69 Å². The Hall–Kier alpha value is -4.18. The Balaban J connectivity index is 1.49. The number of nitro groups is 1. The van der Waals surface area contributed by atoms with Gasteiger partial charge in [0, 0.05) is 23.5 Å². The maximum atomic E-state index is 12.6. The molecular weight excluding hydrogens is 466 g/mol. The fraction of sp³-hybridized carbons (Fsp3) is 0.160. The minimum atomic E-state index is -0.467. The summed E-state index contributed by atoms with van der Waals surface area (Å²) in [6, 6.07) is 21.7. The molecule has 1 aromatic heterocycles. The number of amides is 1. The molecule has 0 fully saturated rings. The molecule has 1 N–H and O–H groups in total. The van der Waals surface area contributed by atoms with Crippen molar-refractivity contribution in [3.8, 4) is 11.4 Å². The molecule has 0 bridgehead atoms. The zero-order valence-corrected chi connectivity index (χ0v) is 20.0. The smallest absolute Gasteiger partial charge is 0.269 e. The number of thioether (sulfide) groups is 1. The van der Waals surface area contributed by atoms with Crippen LogP contribution in [0.15, 0.2) is 78.0 Å². The summed E-state index contributed by atoms with van der Waals surface area (Å²) in [6.45, 7) is 3.90. The van der Waals surface area contributed by atoms with Gasteiger partial charge in [0.2, 0.25) is 5.91 Å². The molecule has 1 amide bonds. The number of carbonyl (C=O) groups excluding carboxylic acids is 1. The second-order valence-electron chi connectivity index (χ2n) is 7.72. The van der Waals surface area contributed by atoms with Crippen molar-refractivity contribution >= 4 is 29.0 Å². The standard InChI is InChI=1S/C25H23N5O4S/c1-17-8-6-7-11-22(17)34-15-23-27-28-25(29(23)19-9-4-3-5-10-19)35-16-24(31)26-21-13-12-20(30(32)33)14-18(21)2/h3-14H,15-16H2,1-2H3,(H,26,31). The fourth-order valence-electron chi connectivity index (χ4n) is 3.40. The molecule has 35 heavy (non-hydrogen) atoms. The third kappa shape index (κ3) is 5.85. The minimum absolute atomic E-state index is 0.0220. The van der Waals surface area contributed by atoms with Crippen molar-refractivity contribution < 1.29 is 14.5 Å². The highest BCUT2D eigenvalue weighted by Crippen LogP contribution is 2.25. The average Bonchev–Trinajstić information content (AvgIpc) is 3.26. The lowest BCUT2D eigenvalue weighted by atomic mass is 10.2. The van der Waals surface area contributed by atoms with Crippen molar-refractivity contribution in [1.29, 1.82) is 0 Å². The second-order valence-corrected chi connectivity index (χ2v) is 8.66. The zero-order valence-electron chi connectivity index (χ0n) is 19.2. The Bertz CT molecular complexity index is 1360. The van der Waals surface area contributed by atoms with Crippen molar-refractivity contribution in [3.63, 3.8) is 0 Å². The average molecular weight is 490 g/mol. The van der Waals surface area contributed by atoms with Gasteiger partial charge >= 0.3 is 0 Å². The van der Waals surface area contributed by atoms with Gasteiger partial charge in [-0.1, -0.05) is 48.2 Å². The highest BCUT2D eigenvalue weighted by Gasteiger charge is 2.17. The van der Waals surface area contributed by atoms with Crippen molar-refractivity contribution in [2.24, 2.45) is 0 Å². The Labute approximate surface area is 206 Å². The van der Waals surface area contributed by atoms with Gasteiger partial charge in [0.15, 0.2) is 11.0 Å². The molecule has 0 atom stereocenters. The monoisotopic (exact) mass is 489 g/mol. The van der Waals surface area contributed by atoms with E-state index in [2.05, 4.69) is 15.5 Å². The number of nitrogens with one attached hydrogen (secondary N) is 1. The number of carbonyl (C=O) groups is 1. The summed E-state index contributed by atoms with van der Waals surface area (Å²) in [6.07, 6.45) is 0. The normalized spacial score (nSPS) is 10.7. The number of hydrogen-bond donors (Lipinski definition) is 1. The highest BCUT2D eigenvalue weighted by atomic mass is 32.2. The van der Waals surface area contributed by atoms with E-state index in [0.29, 0.717) is 22.2 Å². The molecule has 0 unspecified atom stereocenters. The lowest BCUT2D eigenvalue weighted by Crippen LogP contribution is -2.15. The molecular formula is C25H23N5O4S. The molecule has 4 rings (SSSR count). The van der Waals surface area contributed by atoms with Gasteiger partial charge in [-0.25, -0.2) is 0 Å². The molecule has 0 spiro atoms. The number of rotatable bonds is 9. The summed E-state index contributed by atoms with van der Waals surface area (Å²) in [5, 5.41) is 22.9. The van der Waals surface area contributed by atoms with E-state index in [1.54, 1.807) is 6.92 Å². The van der Waals surface area contributed by atoms with Crippen LogP contribution in [0.4, 0.5) is 11.4 Å². The molecule has 0 saturated heterocycles. The summed E-state index contributed by atoms with van der Waals surface area (Å²) in [4.78, 5) is 23.1. The molecule has 0 aliphatic rings. The largest absolute Gasteiger partial charge is 0.485 e. The van der Waals surface area contributed by atoms with Gasteiger partial charge in [-0.05, 0) is 49.2 Å². The van der Waals surface area contributed by atoms with Crippen molar-refractivity contribution in [2.75, 3.05) is 11.1 Å². The quantitative estimate of drug-likeness (QED) is 0.198. The first-order valence-electron chi connectivity index (χ1n) is 10.8. The molecule has 3 aromatic carbocycles. The van der Waals surface area contributed by atoms with Gasteiger partial charge < -0.3 is 10.1 Å². The van der Waals surface area contributed by atoms with Crippen LogP contribution in [0, 0.1) is 24.0 Å². The predicted octanol–water partition coefficient (Wildman–Crippen LogP) is 5.10.